The topological polar surface area (TPSA) is 129 Å². The summed E-state index contributed by atoms with van der Waals surface area (Å²) in [5.74, 6) is -0.832. The van der Waals surface area contributed by atoms with Gasteiger partial charge in [0.25, 0.3) is 0 Å². The van der Waals surface area contributed by atoms with Crippen molar-refractivity contribution in [2.24, 2.45) is 5.73 Å². The average Bonchev–Trinajstić information content (AvgIpc) is 2.74. The number of nitrogens with two attached hydrogens (primary N) is 1. The molecule has 2 aromatic rings. The van der Waals surface area contributed by atoms with Crippen LogP contribution in [0.3, 0.4) is 0 Å². The summed E-state index contributed by atoms with van der Waals surface area (Å²) < 4.78 is 15.9. The molecule has 9 nitrogen and oxygen atoms in total. The molecule has 176 valence electrons. The minimum absolute atomic E-state index is 0.299. The smallest absolute Gasteiger partial charge is 0.413 e. The van der Waals surface area contributed by atoms with Gasteiger partial charge in [0, 0.05) is 0 Å². The van der Waals surface area contributed by atoms with Crippen LogP contribution in [0.5, 0.6) is 0 Å². The molecule has 0 aliphatic rings. The van der Waals surface area contributed by atoms with Gasteiger partial charge in [0.05, 0.1) is 0 Å². The Hall–Kier alpha value is -3.66. The van der Waals surface area contributed by atoms with Crippen LogP contribution in [0, 0.1) is 0 Å². The van der Waals surface area contributed by atoms with Crippen LogP contribution in [-0.2, 0) is 19.0 Å². The van der Waals surface area contributed by atoms with E-state index in [2.05, 4.69) is 22.9 Å². The van der Waals surface area contributed by atoms with Gasteiger partial charge in [-0.3, -0.25) is 5.32 Å². The summed E-state index contributed by atoms with van der Waals surface area (Å²) in [5.41, 5.74) is 5.88. The van der Waals surface area contributed by atoms with Gasteiger partial charge in [0.1, 0.15) is 12.2 Å². The number of ether oxygens (including phenoxy) is 3. The Balaban J connectivity index is 2.23. The fourth-order valence-electron chi connectivity index (χ4n) is 2.70. The molecule has 0 radical (unpaired) electrons. The lowest BCUT2D eigenvalue weighted by Gasteiger charge is -2.25. The van der Waals surface area contributed by atoms with Gasteiger partial charge >= 0.3 is 18.2 Å². The summed E-state index contributed by atoms with van der Waals surface area (Å²) in [5, 5.41) is 4.16. The van der Waals surface area contributed by atoms with Gasteiger partial charge in [-0.05, 0) is 44.1 Å². The lowest BCUT2D eigenvalue weighted by Crippen LogP contribution is -2.48. The van der Waals surface area contributed by atoms with E-state index in [1.165, 1.54) is 0 Å². The fourth-order valence-corrected chi connectivity index (χ4v) is 2.78. The highest BCUT2D eigenvalue weighted by molar-refractivity contribution is 7.80. The first-order chi connectivity index (χ1) is 15.5. The van der Waals surface area contributed by atoms with Gasteiger partial charge in [-0.1, -0.05) is 60.7 Å². The molecule has 0 aliphatic carbocycles. The summed E-state index contributed by atoms with van der Waals surface area (Å²) >= 11 is 4.58. The monoisotopic (exact) mass is 473 g/mol. The van der Waals surface area contributed by atoms with Gasteiger partial charge < -0.3 is 25.3 Å². The number of carbonyl (C=O) groups is 3. The molecule has 1 atom stereocenters. The van der Waals surface area contributed by atoms with Crippen LogP contribution in [0.4, 0.5) is 9.59 Å². The Kier molecular flexibility index (Phi) is 9.17. The predicted molar refractivity (Wildman–Crippen MR) is 125 cm³/mol. The molecule has 2 aromatic carbocycles. The van der Waals surface area contributed by atoms with Gasteiger partial charge in [-0.15, -0.1) is 0 Å². The molecule has 33 heavy (non-hydrogen) atoms. The molecule has 1 unspecified atom stereocenters. The summed E-state index contributed by atoms with van der Waals surface area (Å²) in [6.45, 7) is 4.48. The fraction of sp³-hybridized carbons (Fsp3) is 0.304. The number of hydrogen-bond acceptors (Lipinski definition) is 7. The van der Waals surface area contributed by atoms with E-state index in [4.69, 9.17) is 19.9 Å². The Morgan fingerprint density at radius 3 is 1.91 bits per heavy atom. The zero-order valence-corrected chi connectivity index (χ0v) is 19.4. The quantitative estimate of drug-likeness (QED) is 0.318. The molecule has 2 rings (SSSR count). The lowest BCUT2D eigenvalue weighted by atomic mass is 10.0. The zero-order valence-electron chi connectivity index (χ0n) is 18.6. The molecular weight excluding hydrogens is 446 g/mol. The number of thiocarbonyl (C=S) groups is 1. The van der Waals surface area contributed by atoms with Crippen molar-refractivity contribution in [3.8, 4) is 0 Å². The Morgan fingerprint density at radius 2 is 1.45 bits per heavy atom. The number of carbonyl (C=O) groups excluding carboxylic acids is 3. The molecule has 0 fully saturated rings. The van der Waals surface area contributed by atoms with Crippen LogP contribution in [0.15, 0.2) is 60.7 Å². The lowest BCUT2D eigenvalue weighted by molar-refractivity contribution is -0.151. The van der Waals surface area contributed by atoms with Crippen molar-refractivity contribution in [2.75, 3.05) is 6.61 Å². The first-order valence-corrected chi connectivity index (χ1v) is 10.5. The molecule has 2 amide bonds. The highest BCUT2D eigenvalue weighted by atomic mass is 32.1. The molecule has 0 aromatic heterocycles. The Bertz CT molecular complexity index is 924. The second kappa shape index (κ2) is 11.8. The van der Waals surface area contributed by atoms with Crippen LogP contribution in [0.25, 0.3) is 0 Å². The van der Waals surface area contributed by atoms with Gasteiger partial charge in [0.15, 0.2) is 17.3 Å². The summed E-state index contributed by atoms with van der Waals surface area (Å²) in [7, 11) is 0. The van der Waals surface area contributed by atoms with Crippen molar-refractivity contribution in [2.45, 2.75) is 38.5 Å². The summed E-state index contributed by atoms with van der Waals surface area (Å²) in [6.07, 6.45) is -2.61. The second-order valence-corrected chi connectivity index (χ2v) is 8.36. The molecule has 4 N–H and O–H groups in total. The van der Waals surface area contributed by atoms with E-state index in [9.17, 15) is 14.4 Å². The maximum Gasteiger partial charge on any atom is 0.413 e. The maximum atomic E-state index is 13.1. The Morgan fingerprint density at radius 1 is 0.939 bits per heavy atom. The minimum Gasteiger partial charge on any atom is -0.451 e. The number of benzene rings is 2. The maximum absolute atomic E-state index is 13.1. The van der Waals surface area contributed by atoms with E-state index < -0.39 is 42.5 Å². The van der Waals surface area contributed by atoms with E-state index >= 15 is 0 Å². The number of hydrogen-bond donors (Lipinski definition) is 3. The second-order valence-electron chi connectivity index (χ2n) is 7.92. The predicted octanol–water partition coefficient (Wildman–Crippen LogP) is 3.18. The number of amides is 2. The van der Waals surface area contributed by atoms with Crippen LogP contribution in [0.1, 0.15) is 38.0 Å². The van der Waals surface area contributed by atoms with Crippen molar-refractivity contribution in [3.63, 3.8) is 0 Å². The van der Waals surface area contributed by atoms with E-state index in [1.54, 1.807) is 20.8 Å². The number of esters is 1. The zero-order chi connectivity index (χ0) is 24.4. The van der Waals surface area contributed by atoms with E-state index in [0.717, 1.165) is 11.1 Å². The minimum atomic E-state index is -1.35. The molecule has 10 heteroatoms. The third-order valence-corrected chi connectivity index (χ3v) is 4.12. The first-order valence-electron chi connectivity index (χ1n) is 10.1. The summed E-state index contributed by atoms with van der Waals surface area (Å²) in [4.78, 5) is 37.1. The van der Waals surface area contributed by atoms with Gasteiger partial charge in [0.2, 0.25) is 0 Å². The van der Waals surface area contributed by atoms with E-state index in [1.807, 2.05) is 60.7 Å². The standard InChI is InChI=1S/C23H27N3O6S/c1-23(2,3)32-22(29)25-17(14-30-21(28)26-20(24)33)19(27)31-18(15-10-6-4-7-11-15)16-12-8-5-9-13-16/h4-13,17-18H,14H2,1-3H3,(H,25,29)(H3,24,26,28,33). The molecule has 0 saturated heterocycles. The normalized spacial score (nSPS) is 11.8. The van der Waals surface area contributed by atoms with E-state index in [0.29, 0.717) is 0 Å². The van der Waals surface area contributed by atoms with Crippen molar-refractivity contribution in [1.29, 1.82) is 0 Å². The molecule has 0 spiro atoms. The number of alkyl carbamates (subject to hydrolysis) is 2. The van der Waals surface area contributed by atoms with Crippen LogP contribution >= 0.6 is 12.2 Å². The molecular formula is C23H27N3O6S. The SMILES string of the molecule is CC(C)(C)OC(=O)NC(COC(=O)NC(N)=S)C(=O)OC(c1ccccc1)c1ccccc1. The summed E-state index contributed by atoms with van der Waals surface area (Å²) in [6, 6.07) is 16.9. The number of nitrogens with one attached hydrogen (secondary N) is 2. The van der Waals surface area contributed by atoms with Crippen LogP contribution in [0.2, 0.25) is 0 Å². The molecule has 0 aliphatic heterocycles. The molecule has 0 saturated carbocycles. The largest absolute Gasteiger partial charge is 0.451 e. The van der Waals surface area contributed by atoms with Crippen molar-refractivity contribution in [1.82, 2.24) is 10.6 Å². The van der Waals surface area contributed by atoms with Crippen LogP contribution in [-0.4, -0.2) is 41.5 Å². The Labute approximate surface area is 197 Å². The third-order valence-electron chi connectivity index (χ3n) is 4.02. The molecule has 0 heterocycles. The highest BCUT2D eigenvalue weighted by Gasteiger charge is 2.30. The van der Waals surface area contributed by atoms with Crippen LogP contribution < -0.4 is 16.4 Å². The molecule has 0 bridgehead atoms. The third kappa shape index (κ3) is 9.16. The van der Waals surface area contributed by atoms with Gasteiger partial charge in [-0.25, -0.2) is 14.4 Å². The first kappa shape index (κ1) is 25.6. The van der Waals surface area contributed by atoms with E-state index in [-0.39, 0.29) is 5.11 Å². The highest BCUT2D eigenvalue weighted by Crippen LogP contribution is 2.26. The van der Waals surface area contributed by atoms with Crippen molar-refractivity contribution in [3.05, 3.63) is 71.8 Å². The number of rotatable bonds is 7. The average molecular weight is 474 g/mol. The van der Waals surface area contributed by atoms with Gasteiger partial charge in [-0.2, -0.15) is 0 Å². The van der Waals surface area contributed by atoms with Crippen molar-refractivity contribution >= 4 is 35.5 Å². The van der Waals surface area contributed by atoms with Crippen molar-refractivity contribution < 1.29 is 28.6 Å².